The minimum Gasteiger partial charge on any atom is -0.496 e. The lowest BCUT2D eigenvalue weighted by Gasteiger charge is -2.48. The van der Waals surface area contributed by atoms with E-state index in [0.29, 0.717) is 23.2 Å². The van der Waals surface area contributed by atoms with E-state index in [1.54, 1.807) is 7.11 Å². The number of hydrogen-bond acceptors (Lipinski definition) is 4. The molecule has 0 amide bonds. The molecule has 0 radical (unpaired) electrons. The zero-order valence-corrected chi connectivity index (χ0v) is 17.3. The SMILES string of the molecule is C=C1[C@@H]2C[C@@H]3[C@@H](c4ccc(OC)c(CN5CCOCC5)c4)OCCC3(C2)[C@@H]1C. The minimum atomic E-state index is 0.212. The molecule has 2 saturated heterocycles. The van der Waals surface area contributed by atoms with Gasteiger partial charge in [-0.3, -0.25) is 4.90 Å². The van der Waals surface area contributed by atoms with Crippen molar-refractivity contribution in [3.8, 4) is 5.75 Å². The highest BCUT2D eigenvalue weighted by atomic mass is 16.5. The van der Waals surface area contributed by atoms with Gasteiger partial charge in [0.15, 0.2) is 0 Å². The van der Waals surface area contributed by atoms with Crippen LogP contribution in [0.25, 0.3) is 0 Å². The second kappa shape index (κ2) is 7.16. The summed E-state index contributed by atoms with van der Waals surface area (Å²) in [6.45, 7) is 12.2. The van der Waals surface area contributed by atoms with Crippen molar-refractivity contribution in [1.29, 1.82) is 0 Å². The van der Waals surface area contributed by atoms with Crippen LogP contribution in [0, 0.1) is 23.2 Å². The van der Waals surface area contributed by atoms with E-state index in [9.17, 15) is 0 Å². The van der Waals surface area contributed by atoms with Crippen molar-refractivity contribution in [2.45, 2.75) is 38.8 Å². The van der Waals surface area contributed by atoms with Crippen LogP contribution >= 0.6 is 0 Å². The van der Waals surface area contributed by atoms with Gasteiger partial charge >= 0.3 is 0 Å². The summed E-state index contributed by atoms with van der Waals surface area (Å²) in [7, 11) is 1.77. The largest absolute Gasteiger partial charge is 0.496 e. The van der Waals surface area contributed by atoms with Crippen molar-refractivity contribution in [3.05, 3.63) is 41.5 Å². The maximum Gasteiger partial charge on any atom is 0.123 e. The van der Waals surface area contributed by atoms with Gasteiger partial charge in [-0.25, -0.2) is 0 Å². The molecule has 1 unspecified atom stereocenters. The highest BCUT2D eigenvalue weighted by Crippen LogP contribution is 2.68. The van der Waals surface area contributed by atoms with Gasteiger partial charge in [0.1, 0.15) is 5.75 Å². The Balaban J connectivity index is 1.43. The van der Waals surface area contributed by atoms with E-state index in [0.717, 1.165) is 45.2 Å². The first-order chi connectivity index (χ1) is 13.6. The quantitative estimate of drug-likeness (QED) is 0.729. The molecule has 1 aromatic rings. The van der Waals surface area contributed by atoms with Gasteiger partial charge < -0.3 is 14.2 Å². The highest BCUT2D eigenvalue weighted by Gasteiger charge is 2.61. The number of fused-ring (bicyclic) bond motifs is 1. The molecule has 1 spiro atoms. The summed E-state index contributed by atoms with van der Waals surface area (Å²) >= 11 is 0. The number of ether oxygens (including phenoxy) is 3. The molecular formula is C24H33NO3. The molecule has 4 fully saturated rings. The monoisotopic (exact) mass is 383 g/mol. The zero-order valence-electron chi connectivity index (χ0n) is 17.3. The van der Waals surface area contributed by atoms with E-state index >= 15 is 0 Å². The van der Waals surface area contributed by atoms with E-state index in [2.05, 4.69) is 36.6 Å². The molecule has 2 saturated carbocycles. The van der Waals surface area contributed by atoms with Crippen molar-refractivity contribution in [1.82, 2.24) is 4.90 Å². The number of nitrogens with zero attached hydrogens (tertiary/aromatic N) is 1. The maximum absolute atomic E-state index is 6.42. The first-order valence-electron chi connectivity index (χ1n) is 10.9. The van der Waals surface area contributed by atoms with Gasteiger partial charge in [0, 0.05) is 31.8 Å². The summed E-state index contributed by atoms with van der Waals surface area (Å²) in [5.74, 6) is 2.94. The van der Waals surface area contributed by atoms with Crippen molar-refractivity contribution in [2.75, 3.05) is 40.0 Å². The molecular weight excluding hydrogens is 350 g/mol. The summed E-state index contributed by atoms with van der Waals surface area (Å²) in [4.78, 5) is 2.46. The fraction of sp³-hybridized carbons (Fsp3) is 0.667. The van der Waals surface area contributed by atoms with Crippen LogP contribution in [-0.4, -0.2) is 44.9 Å². The van der Waals surface area contributed by atoms with E-state index in [1.165, 1.54) is 36.0 Å². The molecule has 2 aliphatic carbocycles. The highest BCUT2D eigenvalue weighted by molar-refractivity contribution is 5.39. The van der Waals surface area contributed by atoms with Gasteiger partial charge in [0.2, 0.25) is 0 Å². The molecule has 2 heterocycles. The maximum atomic E-state index is 6.42. The Morgan fingerprint density at radius 2 is 2.07 bits per heavy atom. The van der Waals surface area contributed by atoms with Crippen LogP contribution in [0.1, 0.15) is 43.4 Å². The van der Waals surface area contributed by atoms with Crippen LogP contribution in [0.5, 0.6) is 5.75 Å². The molecule has 152 valence electrons. The number of hydrogen-bond donors (Lipinski definition) is 0. The summed E-state index contributed by atoms with van der Waals surface area (Å²) in [6, 6.07) is 6.73. The fourth-order valence-electron chi connectivity index (χ4n) is 6.59. The molecule has 5 atom stereocenters. The van der Waals surface area contributed by atoms with Crippen LogP contribution in [0.2, 0.25) is 0 Å². The number of morpholine rings is 1. The Labute approximate surface area is 168 Å². The first-order valence-corrected chi connectivity index (χ1v) is 10.9. The second-order valence-corrected chi connectivity index (χ2v) is 9.27. The lowest BCUT2D eigenvalue weighted by molar-refractivity contribution is -0.106. The Kier molecular flexibility index (Phi) is 4.77. The molecule has 4 aliphatic rings. The molecule has 4 nitrogen and oxygen atoms in total. The fourth-order valence-corrected chi connectivity index (χ4v) is 6.59. The third-order valence-corrected chi connectivity index (χ3v) is 8.21. The van der Waals surface area contributed by atoms with Gasteiger partial charge in [0.25, 0.3) is 0 Å². The van der Waals surface area contributed by atoms with E-state index in [-0.39, 0.29) is 6.10 Å². The van der Waals surface area contributed by atoms with Crippen LogP contribution in [0.4, 0.5) is 0 Å². The average Bonchev–Trinajstić information content (AvgIpc) is 3.23. The molecule has 2 bridgehead atoms. The number of allylic oxidation sites excluding steroid dienone is 1. The van der Waals surface area contributed by atoms with Crippen molar-refractivity contribution < 1.29 is 14.2 Å². The molecule has 1 aromatic carbocycles. The molecule has 5 rings (SSSR count). The molecule has 0 aromatic heterocycles. The topological polar surface area (TPSA) is 30.9 Å². The molecule has 0 N–H and O–H groups in total. The Morgan fingerprint density at radius 1 is 1.25 bits per heavy atom. The standard InChI is InChI=1S/C24H33NO3/c1-16-17(2)24-6-9-28-23(21(24)13-19(16)14-24)18-4-5-22(26-3)20(12-18)15-25-7-10-27-11-8-25/h4-5,12,17,19,21,23H,1,6-11,13-15H2,2-3H3/t17-,19-,21-,23-,24?/m1/s1. The van der Waals surface area contributed by atoms with Gasteiger partial charge in [-0.2, -0.15) is 0 Å². The summed E-state index contributed by atoms with van der Waals surface area (Å²) in [5.41, 5.74) is 4.51. The van der Waals surface area contributed by atoms with Crippen LogP contribution in [0.3, 0.4) is 0 Å². The third kappa shape index (κ3) is 2.84. The van der Waals surface area contributed by atoms with Gasteiger partial charge in [-0.1, -0.05) is 25.1 Å². The summed E-state index contributed by atoms with van der Waals surface area (Å²) in [6.07, 6.45) is 3.98. The first kappa shape index (κ1) is 18.7. The smallest absolute Gasteiger partial charge is 0.123 e. The van der Waals surface area contributed by atoms with Gasteiger partial charge in [0.05, 0.1) is 26.4 Å². The molecule has 2 aliphatic heterocycles. The second-order valence-electron chi connectivity index (χ2n) is 9.27. The summed E-state index contributed by atoms with van der Waals surface area (Å²) in [5, 5.41) is 0. The van der Waals surface area contributed by atoms with E-state index in [4.69, 9.17) is 14.2 Å². The predicted molar refractivity (Wildman–Crippen MR) is 109 cm³/mol. The van der Waals surface area contributed by atoms with Crippen molar-refractivity contribution >= 4 is 0 Å². The van der Waals surface area contributed by atoms with E-state index < -0.39 is 0 Å². The normalized spacial score (nSPS) is 37.9. The van der Waals surface area contributed by atoms with Gasteiger partial charge in [-0.15, -0.1) is 0 Å². The number of rotatable bonds is 4. The lowest BCUT2D eigenvalue weighted by atomic mass is 9.62. The third-order valence-electron chi connectivity index (χ3n) is 8.21. The van der Waals surface area contributed by atoms with Crippen molar-refractivity contribution in [2.24, 2.45) is 23.2 Å². The number of benzene rings is 1. The Morgan fingerprint density at radius 3 is 2.82 bits per heavy atom. The zero-order chi connectivity index (χ0) is 19.3. The minimum absolute atomic E-state index is 0.212. The Hall–Kier alpha value is -1.36. The molecule has 4 heteroatoms. The Bertz CT molecular complexity index is 756. The predicted octanol–water partition coefficient (Wildman–Crippen LogP) is 4.21. The van der Waals surface area contributed by atoms with E-state index in [1.807, 2.05) is 0 Å². The summed E-state index contributed by atoms with van der Waals surface area (Å²) < 4.78 is 17.6. The van der Waals surface area contributed by atoms with Crippen LogP contribution in [-0.2, 0) is 16.0 Å². The molecule has 28 heavy (non-hydrogen) atoms. The van der Waals surface area contributed by atoms with Gasteiger partial charge in [-0.05, 0) is 60.1 Å². The van der Waals surface area contributed by atoms with Crippen LogP contribution in [0.15, 0.2) is 30.4 Å². The lowest BCUT2D eigenvalue weighted by Crippen LogP contribution is -2.42. The van der Waals surface area contributed by atoms with Crippen molar-refractivity contribution in [3.63, 3.8) is 0 Å². The number of methoxy groups -OCH3 is 1. The average molecular weight is 384 g/mol. The van der Waals surface area contributed by atoms with Crippen LogP contribution < -0.4 is 4.74 Å².